The van der Waals surface area contributed by atoms with Gasteiger partial charge in [-0.05, 0) is 33.2 Å². The van der Waals surface area contributed by atoms with E-state index in [2.05, 4.69) is 17.3 Å². The second kappa shape index (κ2) is 3.54. The number of rotatable bonds is 3. The lowest BCUT2D eigenvalue weighted by Gasteiger charge is -2.23. The van der Waals surface area contributed by atoms with Gasteiger partial charge >= 0.3 is 0 Å². The first-order valence-electron chi connectivity index (χ1n) is 5.28. The molecule has 76 valence electrons. The van der Waals surface area contributed by atoms with Crippen LogP contribution in [0.5, 0.6) is 0 Å². The van der Waals surface area contributed by atoms with Crippen LogP contribution in [0.15, 0.2) is 0 Å². The maximum absolute atomic E-state index is 12.6. The highest BCUT2D eigenvalue weighted by molar-refractivity contribution is 5.02. The number of nitrogens with one attached hydrogen (secondary N) is 1. The molecule has 13 heavy (non-hydrogen) atoms. The summed E-state index contributed by atoms with van der Waals surface area (Å²) in [5.74, 6) is 0. The Morgan fingerprint density at radius 1 is 1.54 bits per heavy atom. The first-order chi connectivity index (χ1) is 6.18. The van der Waals surface area contributed by atoms with E-state index in [-0.39, 0.29) is 0 Å². The van der Waals surface area contributed by atoms with Crippen LogP contribution >= 0.6 is 0 Å². The lowest BCUT2D eigenvalue weighted by Crippen LogP contribution is -2.42. The minimum Gasteiger partial charge on any atom is -0.309 e. The Bertz CT molecular complexity index is 184. The Morgan fingerprint density at radius 3 is 2.77 bits per heavy atom. The van der Waals surface area contributed by atoms with Crippen molar-refractivity contribution in [3.05, 3.63) is 0 Å². The fourth-order valence-corrected chi connectivity index (χ4v) is 2.79. The Kier molecular flexibility index (Phi) is 2.56. The number of fused-ring (bicyclic) bond motifs is 2. The first kappa shape index (κ1) is 9.41. The van der Waals surface area contributed by atoms with Gasteiger partial charge in [-0.1, -0.05) is 0 Å². The van der Waals surface area contributed by atoms with Crippen LogP contribution in [-0.4, -0.2) is 42.8 Å². The van der Waals surface area contributed by atoms with Gasteiger partial charge in [0, 0.05) is 24.7 Å². The van der Waals surface area contributed by atoms with Gasteiger partial charge in [-0.15, -0.1) is 0 Å². The van der Waals surface area contributed by atoms with Crippen molar-refractivity contribution < 1.29 is 4.39 Å². The highest BCUT2D eigenvalue weighted by atomic mass is 19.1. The lowest BCUT2D eigenvalue weighted by molar-refractivity contribution is 0.279. The van der Waals surface area contributed by atoms with Crippen LogP contribution in [-0.2, 0) is 0 Å². The first-order valence-corrected chi connectivity index (χ1v) is 5.28. The maximum atomic E-state index is 12.6. The van der Waals surface area contributed by atoms with E-state index in [0.717, 1.165) is 6.04 Å². The van der Waals surface area contributed by atoms with Crippen molar-refractivity contribution in [3.8, 4) is 0 Å². The maximum Gasteiger partial charge on any atom is 0.110 e. The molecule has 0 aliphatic carbocycles. The van der Waals surface area contributed by atoms with Gasteiger partial charge in [0.1, 0.15) is 6.17 Å². The van der Waals surface area contributed by atoms with Crippen LogP contribution < -0.4 is 5.32 Å². The summed E-state index contributed by atoms with van der Waals surface area (Å²) in [6.45, 7) is 2.13. The molecule has 0 radical (unpaired) electrons. The van der Waals surface area contributed by atoms with Gasteiger partial charge in [-0.2, -0.15) is 0 Å². The highest BCUT2D eigenvalue weighted by Crippen LogP contribution is 2.35. The molecular weight excluding hydrogens is 167 g/mol. The molecular formula is C10H19FN2. The van der Waals surface area contributed by atoms with Gasteiger partial charge in [0.15, 0.2) is 0 Å². The van der Waals surface area contributed by atoms with Crippen molar-refractivity contribution in [3.63, 3.8) is 0 Å². The minimum atomic E-state index is -0.718. The van der Waals surface area contributed by atoms with Gasteiger partial charge in [-0.3, -0.25) is 4.90 Å². The molecule has 2 nitrogen and oxygen atoms in total. The minimum absolute atomic E-state index is 0.516. The molecule has 0 saturated carbocycles. The van der Waals surface area contributed by atoms with Gasteiger partial charge in [0.05, 0.1) is 0 Å². The van der Waals surface area contributed by atoms with Gasteiger partial charge in [0.25, 0.3) is 0 Å². The quantitative estimate of drug-likeness (QED) is 0.711. The van der Waals surface area contributed by atoms with E-state index in [4.69, 9.17) is 0 Å². The second-order valence-corrected chi connectivity index (χ2v) is 4.50. The van der Waals surface area contributed by atoms with Gasteiger partial charge < -0.3 is 5.32 Å². The SMILES string of the molecule is CC(F)CNC1C[C@H]2CC[C@H]1N2C. The van der Waals surface area contributed by atoms with E-state index >= 15 is 0 Å². The van der Waals surface area contributed by atoms with Gasteiger partial charge in [0.2, 0.25) is 0 Å². The standard InChI is InChI=1S/C10H19FN2/c1-7(11)6-12-9-5-8-3-4-10(9)13(8)2/h7-10,12H,3-6H2,1-2H3/t7?,8-,9?,10-/m1/s1. The van der Waals surface area contributed by atoms with Gasteiger partial charge in [-0.25, -0.2) is 4.39 Å². The molecule has 0 aromatic rings. The zero-order chi connectivity index (χ0) is 9.42. The Morgan fingerprint density at radius 2 is 2.31 bits per heavy atom. The van der Waals surface area contributed by atoms with E-state index in [1.165, 1.54) is 19.3 Å². The molecule has 2 aliphatic rings. The predicted molar refractivity (Wildman–Crippen MR) is 51.6 cm³/mol. The molecule has 2 unspecified atom stereocenters. The smallest absolute Gasteiger partial charge is 0.110 e. The zero-order valence-electron chi connectivity index (χ0n) is 8.46. The summed E-state index contributed by atoms with van der Waals surface area (Å²) in [5, 5.41) is 3.33. The Labute approximate surface area is 79.5 Å². The summed E-state index contributed by atoms with van der Waals surface area (Å²) < 4.78 is 12.6. The Hall–Kier alpha value is -0.150. The van der Waals surface area contributed by atoms with Crippen molar-refractivity contribution in [1.29, 1.82) is 0 Å². The molecule has 3 heteroatoms. The summed E-state index contributed by atoms with van der Waals surface area (Å²) in [7, 11) is 2.20. The van der Waals surface area contributed by atoms with Crippen molar-refractivity contribution in [2.24, 2.45) is 0 Å². The highest BCUT2D eigenvalue weighted by Gasteiger charge is 2.43. The molecule has 2 heterocycles. The number of hydrogen-bond donors (Lipinski definition) is 1. The summed E-state index contributed by atoms with van der Waals surface area (Å²) >= 11 is 0. The topological polar surface area (TPSA) is 15.3 Å². The molecule has 2 bridgehead atoms. The van der Waals surface area contributed by atoms with Crippen LogP contribution in [0.25, 0.3) is 0 Å². The third-order valence-electron chi connectivity index (χ3n) is 3.55. The van der Waals surface area contributed by atoms with Crippen molar-refractivity contribution in [2.75, 3.05) is 13.6 Å². The summed E-state index contributed by atoms with van der Waals surface area (Å²) in [4.78, 5) is 2.46. The van der Waals surface area contributed by atoms with Crippen molar-refractivity contribution in [1.82, 2.24) is 10.2 Å². The molecule has 0 aromatic heterocycles. The molecule has 0 aromatic carbocycles. The normalized spacial score (nSPS) is 41.3. The summed E-state index contributed by atoms with van der Waals surface area (Å²) in [6, 6.07) is 1.98. The van der Waals surface area contributed by atoms with Crippen molar-refractivity contribution in [2.45, 2.75) is 50.5 Å². The molecule has 2 saturated heterocycles. The van der Waals surface area contributed by atoms with Crippen LogP contribution in [0.4, 0.5) is 4.39 Å². The van der Waals surface area contributed by atoms with E-state index in [1.54, 1.807) is 6.92 Å². The number of nitrogens with zero attached hydrogens (tertiary/aromatic N) is 1. The van der Waals surface area contributed by atoms with Crippen LogP contribution in [0.3, 0.4) is 0 Å². The largest absolute Gasteiger partial charge is 0.309 e. The molecule has 4 atom stereocenters. The number of alkyl halides is 1. The number of hydrogen-bond acceptors (Lipinski definition) is 2. The molecule has 1 N–H and O–H groups in total. The second-order valence-electron chi connectivity index (χ2n) is 4.50. The average Bonchev–Trinajstić information content (AvgIpc) is 2.58. The molecule has 0 spiro atoms. The predicted octanol–water partition coefficient (Wildman–Crippen LogP) is 1.17. The number of likely N-dealkylation sites (N-methyl/N-ethyl adjacent to an activating group) is 1. The zero-order valence-corrected chi connectivity index (χ0v) is 8.46. The number of halogens is 1. The average molecular weight is 186 g/mol. The summed E-state index contributed by atoms with van der Waals surface area (Å²) in [5.41, 5.74) is 0. The monoisotopic (exact) mass is 186 g/mol. The summed E-state index contributed by atoms with van der Waals surface area (Å²) in [6.07, 6.45) is 3.13. The molecule has 2 fully saturated rings. The van der Waals surface area contributed by atoms with Crippen LogP contribution in [0.2, 0.25) is 0 Å². The van der Waals surface area contributed by atoms with E-state index in [9.17, 15) is 4.39 Å². The lowest BCUT2D eigenvalue weighted by atomic mass is 9.95. The third kappa shape index (κ3) is 1.72. The molecule has 2 rings (SSSR count). The van der Waals surface area contributed by atoms with E-state index in [1.807, 2.05) is 0 Å². The fourth-order valence-electron chi connectivity index (χ4n) is 2.79. The molecule has 0 amide bonds. The third-order valence-corrected chi connectivity index (χ3v) is 3.55. The fraction of sp³-hybridized carbons (Fsp3) is 1.00. The van der Waals surface area contributed by atoms with E-state index in [0.29, 0.717) is 18.6 Å². The van der Waals surface area contributed by atoms with Crippen molar-refractivity contribution >= 4 is 0 Å². The Balaban J connectivity index is 1.83. The van der Waals surface area contributed by atoms with E-state index < -0.39 is 6.17 Å². The van der Waals surface area contributed by atoms with Crippen LogP contribution in [0, 0.1) is 0 Å². The molecule has 2 aliphatic heterocycles. The van der Waals surface area contributed by atoms with Crippen LogP contribution in [0.1, 0.15) is 26.2 Å².